The van der Waals surface area contributed by atoms with Gasteiger partial charge in [0.25, 0.3) is 0 Å². The maximum Gasteiger partial charge on any atom is 0.314 e. The third kappa shape index (κ3) is 5.59. The summed E-state index contributed by atoms with van der Waals surface area (Å²) in [5.74, 6) is 2.36. The Morgan fingerprint density at radius 2 is 1.62 bits per heavy atom. The lowest BCUT2D eigenvalue weighted by atomic mass is 9.80. The molecule has 0 N–H and O–H groups in total. The van der Waals surface area contributed by atoms with E-state index in [4.69, 9.17) is 4.74 Å². The number of hydrogen-bond donors (Lipinski definition) is 0. The SMILES string of the molecule is CCCCC[C@H]1CC[C@H](C(=O)Oc2ccc(C3CCCCC3)cc2)CC1. The standard InChI is InChI=1S/C24H36O2/c1-2-3-5-8-19-11-13-22(14-12-19)24(25)26-23-17-15-21(16-18-23)20-9-6-4-7-10-20/h15-20,22H,2-14H2,1H3/t19-,22-. The Balaban J connectivity index is 1.43. The molecule has 2 fully saturated rings. The van der Waals surface area contributed by atoms with Gasteiger partial charge >= 0.3 is 5.97 Å². The van der Waals surface area contributed by atoms with Crippen molar-refractivity contribution < 1.29 is 9.53 Å². The van der Waals surface area contributed by atoms with Gasteiger partial charge < -0.3 is 4.74 Å². The van der Waals surface area contributed by atoms with Gasteiger partial charge in [-0.05, 0) is 68.1 Å². The zero-order valence-corrected chi connectivity index (χ0v) is 16.6. The van der Waals surface area contributed by atoms with Gasteiger partial charge in [0, 0.05) is 0 Å². The largest absolute Gasteiger partial charge is 0.426 e. The average molecular weight is 357 g/mol. The second-order valence-corrected chi connectivity index (χ2v) is 8.54. The number of unbranched alkanes of at least 4 members (excludes halogenated alkanes) is 2. The summed E-state index contributed by atoms with van der Waals surface area (Å²) < 4.78 is 5.69. The van der Waals surface area contributed by atoms with E-state index in [1.807, 2.05) is 12.1 Å². The zero-order valence-electron chi connectivity index (χ0n) is 16.6. The first-order valence-electron chi connectivity index (χ1n) is 11.1. The van der Waals surface area contributed by atoms with E-state index in [0.29, 0.717) is 5.92 Å². The first kappa shape index (κ1) is 19.5. The highest BCUT2D eigenvalue weighted by Gasteiger charge is 2.27. The predicted octanol–water partition coefficient (Wildman–Crippen LogP) is 7.03. The van der Waals surface area contributed by atoms with Crippen LogP contribution in [0.3, 0.4) is 0 Å². The molecule has 0 radical (unpaired) electrons. The molecular formula is C24H36O2. The molecule has 2 saturated carbocycles. The Labute approximate surface area is 159 Å². The van der Waals surface area contributed by atoms with Crippen molar-refractivity contribution in [3.8, 4) is 5.75 Å². The van der Waals surface area contributed by atoms with E-state index >= 15 is 0 Å². The number of carbonyl (C=O) groups is 1. The quantitative estimate of drug-likeness (QED) is 0.298. The molecule has 144 valence electrons. The molecule has 2 heteroatoms. The predicted molar refractivity (Wildman–Crippen MR) is 107 cm³/mol. The van der Waals surface area contributed by atoms with Gasteiger partial charge in [0.2, 0.25) is 0 Å². The van der Waals surface area contributed by atoms with Gasteiger partial charge in [0.05, 0.1) is 5.92 Å². The number of benzene rings is 1. The zero-order chi connectivity index (χ0) is 18.2. The summed E-state index contributed by atoms with van der Waals surface area (Å²) in [7, 11) is 0. The van der Waals surface area contributed by atoms with E-state index in [2.05, 4.69) is 19.1 Å². The van der Waals surface area contributed by atoms with Crippen molar-refractivity contribution in [2.24, 2.45) is 11.8 Å². The minimum absolute atomic E-state index is 0.0116. The minimum atomic E-state index is -0.0116. The molecule has 0 bridgehead atoms. The molecule has 0 atom stereocenters. The van der Waals surface area contributed by atoms with Crippen LogP contribution < -0.4 is 4.74 Å². The van der Waals surface area contributed by atoms with Crippen LogP contribution in [-0.4, -0.2) is 5.97 Å². The Morgan fingerprint density at radius 1 is 0.923 bits per heavy atom. The van der Waals surface area contributed by atoms with Crippen molar-refractivity contribution in [3.63, 3.8) is 0 Å². The molecule has 0 aromatic heterocycles. The topological polar surface area (TPSA) is 26.3 Å². The van der Waals surface area contributed by atoms with E-state index in [9.17, 15) is 4.79 Å². The van der Waals surface area contributed by atoms with Crippen molar-refractivity contribution in [2.75, 3.05) is 0 Å². The summed E-state index contributed by atoms with van der Waals surface area (Å²) in [5.41, 5.74) is 1.41. The summed E-state index contributed by atoms with van der Waals surface area (Å²) in [5, 5.41) is 0. The van der Waals surface area contributed by atoms with Crippen molar-refractivity contribution >= 4 is 5.97 Å². The lowest BCUT2D eigenvalue weighted by Crippen LogP contribution is -2.25. The molecule has 0 spiro atoms. The van der Waals surface area contributed by atoms with Gasteiger partial charge in [-0.15, -0.1) is 0 Å². The van der Waals surface area contributed by atoms with Gasteiger partial charge in [-0.2, -0.15) is 0 Å². The Kier molecular flexibility index (Phi) is 7.58. The van der Waals surface area contributed by atoms with Gasteiger partial charge in [-0.3, -0.25) is 4.79 Å². The molecule has 2 aliphatic rings. The van der Waals surface area contributed by atoms with Crippen LogP contribution in [0.5, 0.6) is 5.75 Å². The molecule has 1 aromatic rings. The molecule has 0 amide bonds. The van der Waals surface area contributed by atoms with Crippen LogP contribution in [0, 0.1) is 11.8 Å². The lowest BCUT2D eigenvalue weighted by molar-refractivity contribution is -0.140. The summed E-state index contributed by atoms with van der Waals surface area (Å²) in [6.45, 7) is 2.26. The fraction of sp³-hybridized carbons (Fsp3) is 0.708. The molecule has 1 aromatic carbocycles. The molecule has 0 heterocycles. The highest BCUT2D eigenvalue weighted by molar-refractivity contribution is 5.75. The van der Waals surface area contributed by atoms with Gasteiger partial charge in [0.15, 0.2) is 0 Å². The van der Waals surface area contributed by atoms with E-state index < -0.39 is 0 Å². The maximum absolute atomic E-state index is 12.5. The Hall–Kier alpha value is -1.31. The summed E-state index contributed by atoms with van der Waals surface area (Å²) in [4.78, 5) is 12.5. The Bertz CT molecular complexity index is 534. The first-order chi connectivity index (χ1) is 12.8. The van der Waals surface area contributed by atoms with E-state index in [1.54, 1.807) is 0 Å². The van der Waals surface area contributed by atoms with E-state index in [0.717, 1.165) is 24.5 Å². The smallest absolute Gasteiger partial charge is 0.314 e. The number of carbonyl (C=O) groups excluding carboxylic acids is 1. The number of esters is 1. The van der Waals surface area contributed by atoms with Crippen LogP contribution >= 0.6 is 0 Å². The molecule has 0 aliphatic heterocycles. The summed E-state index contributed by atoms with van der Waals surface area (Å²) in [6.07, 6.45) is 16.4. The van der Waals surface area contributed by atoms with Crippen LogP contribution in [0.1, 0.15) is 102 Å². The third-order valence-corrected chi connectivity index (χ3v) is 6.57. The molecule has 2 aliphatic carbocycles. The van der Waals surface area contributed by atoms with Crippen LogP contribution in [0.25, 0.3) is 0 Å². The fourth-order valence-corrected chi connectivity index (χ4v) is 4.81. The van der Waals surface area contributed by atoms with Gasteiger partial charge in [-0.1, -0.05) is 64.0 Å². The molecule has 0 unspecified atom stereocenters. The fourth-order valence-electron chi connectivity index (χ4n) is 4.81. The van der Waals surface area contributed by atoms with Crippen LogP contribution in [0.2, 0.25) is 0 Å². The highest BCUT2D eigenvalue weighted by atomic mass is 16.5. The average Bonchev–Trinajstić information content (AvgIpc) is 2.70. The third-order valence-electron chi connectivity index (χ3n) is 6.57. The maximum atomic E-state index is 12.5. The molecular weight excluding hydrogens is 320 g/mol. The second kappa shape index (κ2) is 10.1. The monoisotopic (exact) mass is 356 g/mol. The normalized spacial score (nSPS) is 24.3. The van der Waals surface area contributed by atoms with E-state index in [-0.39, 0.29) is 11.9 Å². The Morgan fingerprint density at radius 3 is 2.27 bits per heavy atom. The van der Waals surface area contributed by atoms with Crippen molar-refractivity contribution in [3.05, 3.63) is 29.8 Å². The minimum Gasteiger partial charge on any atom is -0.426 e. The van der Waals surface area contributed by atoms with Gasteiger partial charge in [-0.25, -0.2) is 0 Å². The first-order valence-corrected chi connectivity index (χ1v) is 11.1. The lowest BCUT2D eigenvalue weighted by Gasteiger charge is -2.27. The van der Waals surface area contributed by atoms with Crippen LogP contribution in [0.4, 0.5) is 0 Å². The molecule has 2 nitrogen and oxygen atoms in total. The van der Waals surface area contributed by atoms with Crippen LogP contribution in [0.15, 0.2) is 24.3 Å². The second-order valence-electron chi connectivity index (χ2n) is 8.54. The number of hydrogen-bond acceptors (Lipinski definition) is 2. The number of rotatable bonds is 7. The summed E-state index contributed by atoms with van der Waals surface area (Å²) in [6, 6.07) is 8.34. The van der Waals surface area contributed by atoms with Crippen molar-refractivity contribution in [1.29, 1.82) is 0 Å². The summed E-state index contributed by atoms with van der Waals surface area (Å²) >= 11 is 0. The van der Waals surface area contributed by atoms with Crippen molar-refractivity contribution in [2.45, 2.75) is 96.3 Å². The number of ether oxygens (including phenoxy) is 1. The van der Waals surface area contributed by atoms with Crippen molar-refractivity contribution in [1.82, 2.24) is 0 Å². The molecule has 3 rings (SSSR count). The molecule has 26 heavy (non-hydrogen) atoms. The van der Waals surface area contributed by atoms with E-state index in [1.165, 1.54) is 76.2 Å². The van der Waals surface area contributed by atoms with Gasteiger partial charge in [0.1, 0.15) is 5.75 Å². The molecule has 0 saturated heterocycles. The highest BCUT2D eigenvalue weighted by Crippen LogP contribution is 2.35. The van der Waals surface area contributed by atoms with Crippen LogP contribution in [-0.2, 0) is 4.79 Å².